The number of ether oxygens (including phenoxy) is 2. The molecule has 7 heteroatoms. The van der Waals surface area contributed by atoms with Crippen molar-refractivity contribution < 1.29 is 18.8 Å². The highest BCUT2D eigenvalue weighted by molar-refractivity contribution is 5.97. The molecule has 1 fully saturated rings. The number of aromatic nitrogens is 2. The van der Waals surface area contributed by atoms with Gasteiger partial charge in [0.1, 0.15) is 11.4 Å². The van der Waals surface area contributed by atoms with Gasteiger partial charge in [0.05, 0.1) is 18.7 Å². The van der Waals surface area contributed by atoms with E-state index >= 15 is 0 Å². The van der Waals surface area contributed by atoms with Gasteiger partial charge in [0.25, 0.3) is 0 Å². The van der Waals surface area contributed by atoms with Crippen molar-refractivity contribution in [3.63, 3.8) is 0 Å². The average molecular weight is 345 g/mol. The number of carbonyl (C=O) groups excluding carboxylic acids is 1. The number of rotatable bonds is 5. The summed E-state index contributed by atoms with van der Waals surface area (Å²) in [5.41, 5.74) is 1.20. The lowest BCUT2D eigenvalue weighted by Crippen LogP contribution is -2.25. The van der Waals surface area contributed by atoms with Crippen LogP contribution < -0.4 is 9.64 Å². The van der Waals surface area contributed by atoms with E-state index in [9.17, 15) is 4.79 Å². The minimum Gasteiger partial charge on any atom is -0.495 e. The summed E-state index contributed by atoms with van der Waals surface area (Å²) >= 11 is 0. The largest absolute Gasteiger partial charge is 0.495 e. The molecule has 7 nitrogen and oxygen atoms in total. The zero-order chi connectivity index (χ0) is 18.2. The van der Waals surface area contributed by atoms with Gasteiger partial charge in [-0.1, -0.05) is 11.2 Å². The summed E-state index contributed by atoms with van der Waals surface area (Å²) < 4.78 is 16.2. The number of aryl methyl sites for hydroxylation is 1. The van der Waals surface area contributed by atoms with Crippen molar-refractivity contribution in [2.24, 2.45) is 0 Å². The summed E-state index contributed by atoms with van der Waals surface area (Å²) in [5.74, 6) is 1.48. The van der Waals surface area contributed by atoms with Crippen LogP contribution in [-0.4, -0.2) is 36.8 Å². The second-order valence-electron chi connectivity index (χ2n) is 6.75. The zero-order valence-corrected chi connectivity index (χ0v) is 15.2. The molecule has 0 radical (unpaired) electrons. The molecule has 0 N–H and O–H groups in total. The first-order valence-electron chi connectivity index (χ1n) is 8.20. The Morgan fingerprint density at radius 1 is 1.32 bits per heavy atom. The van der Waals surface area contributed by atoms with E-state index in [1.165, 1.54) is 0 Å². The summed E-state index contributed by atoms with van der Waals surface area (Å²) in [6, 6.07) is 5.78. The Bertz CT molecular complexity index is 784. The summed E-state index contributed by atoms with van der Waals surface area (Å²) in [7, 11) is 3.20. The number of carbonyl (C=O) groups is 1. The molecule has 3 rings (SSSR count). The van der Waals surface area contributed by atoms with Crippen LogP contribution in [0.4, 0.5) is 5.69 Å². The molecule has 0 aliphatic carbocycles. The van der Waals surface area contributed by atoms with Gasteiger partial charge in [0, 0.05) is 20.1 Å². The van der Waals surface area contributed by atoms with Crippen LogP contribution in [0.15, 0.2) is 22.7 Å². The Hall–Kier alpha value is -2.41. The number of anilines is 1. The molecule has 1 atom stereocenters. The van der Waals surface area contributed by atoms with Crippen molar-refractivity contribution in [2.45, 2.75) is 38.7 Å². The zero-order valence-electron chi connectivity index (χ0n) is 15.2. The molecule has 1 aromatic carbocycles. The molecule has 25 heavy (non-hydrogen) atoms. The maximum absolute atomic E-state index is 12.6. The molecule has 1 aromatic heterocycles. The number of amides is 1. The molecule has 1 aliphatic heterocycles. The van der Waals surface area contributed by atoms with E-state index in [0.717, 1.165) is 11.3 Å². The minimum absolute atomic E-state index is 0.0136. The normalized spacial score (nSPS) is 18.0. The molecule has 2 heterocycles. The molecule has 1 aliphatic rings. The van der Waals surface area contributed by atoms with Crippen molar-refractivity contribution in [2.75, 3.05) is 25.7 Å². The third kappa shape index (κ3) is 3.24. The fourth-order valence-electron chi connectivity index (χ4n) is 2.85. The molecule has 1 saturated heterocycles. The molecule has 0 spiro atoms. The topological polar surface area (TPSA) is 77.7 Å². The first-order chi connectivity index (χ1) is 11.9. The van der Waals surface area contributed by atoms with Crippen LogP contribution in [0.25, 0.3) is 0 Å². The van der Waals surface area contributed by atoms with Crippen molar-refractivity contribution in [1.82, 2.24) is 10.1 Å². The van der Waals surface area contributed by atoms with Crippen LogP contribution in [0.2, 0.25) is 0 Å². The predicted molar refractivity (Wildman–Crippen MR) is 91.8 cm³/mol. The van der Waals surface area contributed by atoms with E-state index in [4.69, 9.17) is 14.0 Å². The minimum atomic E-state index is -0.635. The number of methoxy groups -OCH3 is 2. The van der Waals surface area contributed by atoms with Crippen LogP contribution in [0.5, 0.6) is 5.75 Å². The van der Waals surface area contributed by atoms with Crippen LogP contribution in [0.3, 0.4) is 0 Å². The van der Waals surface area contributed by atoms with Crippen LogP contribution >= 0.6 is 0 Å². The highest BCUT2D eigenvalue weighted by Crippen LogP contribution is 2.37. The van der Waals surface area contributed by atoms with E-state index in [1.54, 1.807) is 19.1 Å². The van der Waals surface area contributed by atoms with E-state index < -0.39 is 5.60 Å². The lowest BCUT2D eigenvalue weighted by atomic mass is 10.1. The quantitative estimate of drug-likeness (QED) is 0.829. The van der Waals surface area contributed by atoms with E-state index in [2.05, 4.69) is 10.1 Å². The van der Waals surface area contributed by atoms with Crippen molar-refractivity contribution in [1.29, 1.82) is 0 Å². The fourth-order valence-corrected chi connectivity index (χ4v) is 2.85. The first-order valence-corrected chi connectivity index (χ1v) is 8.20. The third-order valence-corrected chi connectivity index (χ3v) is 4.59. The third-order valence-electron chi connectivity index (χ3n) is 4.59. The average Bonchev–Trinajstić information content (AvgIpc) is 3.22. The first kappa shape index (κ1) is 17.4. The molecule has 0 unspecified atom stereocenters. The summed E-state index contributed by atoms with van der Waals surface area (Å²) in [6.07, 6.45) is 0.326. The summed E-state index contributed by atoms with van der Waals surface area (Å²) in [6.45, 7) is 6.20. The van der Waals surface area contributed by atoms with Gasteiger partial charge < -0.3 is 18.9 Å². The Morgan fingerprint density at radius 2 is 2.08 bits per heavy atom. The molecule has 0 bridgehead atoms. The molecular formula is C18H23N3O4. The van der Waals surface area contributed by atoms with Gasteiger partial charge in [-0.3, -0.25) is 4.79 Å². The smallest absolute Gasteiger partial charge is 0.232 e. The molecule has 0 saturated carbocycles. The molecule has 134 valence electrons. The van der Waals surface area contributed by atoms with Crippen LogP contribution in [0.1, 0.15) is 43.5 Å². The van der Waals surface area contributed by atoms with Crippen LogP contribution in [-0.2, 0) is 15.1 Å². The molecule has 2 aromatic rings. The summed E-state index contributed by atoms with van der Waals surface area (Å²) in [4.78, 5) is 18.7. The van der Waals surface area contributed by atoms with Gasteiger partial charge in [-0.15, -0.1) is 0 Å². The van der Waals surface area contributed by atoms with E-state index in [1.807, 2.05) is 39.0 Å². The maximum atomic E-state index is 12.6. The Kier molecular flexibility index (Phi) is 4.51. The lowest BCUT2D eigenvalue weighted by Gasteiger charge is -2.19. The molecule has 1 amide bonds. The van der Waals surface area contributed by atoms with Crippen molar-refractivity contribution >= 4 is 11.6 Å². The number of hydrogen-bond donors (Lipinski definition) is 0. The molecular weight excluding hydrogens is 322 g/mol. The predicted octanol–water partition coefficient (Wildman–Crippen LogP) is 2.79. The van der Waals surface area contributed by atoms with Crippen molar-refractivity contribution in [3.8, 4) is 5.75 Å². The van der Waals surface area contributed by atoms with Gasteiger partial charge in [-0.2, -0.15) is 4.98 Å². The second kappa shape index (κ2) is 6.48. The van der Waals surface area contributed by atoms with E-state index in [0.29, 0.717) is 30.4 Å². The Morgan fingerprint density at radius 3 is 2.76 bits per heavy atom. The van der Waals surface area contributed by atoms with Gasteiger partial charge in [0.2, 0.25) is 17.6 Å². The van der Waals surface area contributed by atoms with Gasteiger partial charge in [-0.05, 0) is 38.5 Å². The fraction of sp³-hybridized carbons (Fsp3) is 0.500. The number of nitrogens with zero attached hydrogens (tertiary/aromatic N) is 3. The lowest BCUT2D eigenvalue weighted by molar-refractivity contribution is -0.117. The van der Waals surface area contributed by atoms with Crippen molar-refractivity contribution in [3.05, 3.63) is 35.5 Å². The maximum Gasteiger partial charge on any atom is 0.232 e. The van der Waals surface area contributed by atoms with Gasteiger partial charge in [-0.25, -0.2) is 0 Å². The van der Waals surface area contributed by atoms with Gasteiger partial charge in [0.15, 0.2) is 0 Å². The highest BCUT2D eigenvalue weighted by Gasteiger charge is 2.37. The Balaban J connectivity index is 1.85. The van der Waals surface area contributed by atoms with Gasteiger partial charge >= 0.3 is 0 Å². The number of benzene rings is 1. The monoisotopic (exact) mass is 345 g/mol. The van der Waals surface area contributed by atoms with Crippen LogP contribution in [0, 0.1) is 6.92 Å². The number of hydrogen-bond acceptors (Lipinski definition) is 6. The standard InChI is InChI=1S/C18H23N3O4/c1-11-6-7-14(23-4)13(8-11)21-10-12(9-15(21)22)16-19-17(20-25-16)18(2,3)24-5/h6-8,12H,9-10H2,1-5H3/t12-/m0/s1. The highest BCUT2D eigenvalue weighted by atomic mass is 16.5. The summed E-state index contributed by atoms with van der Waals surface area (Å²) in [5, 5.41) is 4.01. The SMILES string of the molecule is COc1ccc(C)cc1N1C[C@@H](c2nc(C(C)(C)OC)no2)CC1=O. The second-order valence-corrected chi connectivity index (χ2v) is 6.75. The Labute approximate surface area is 146 Å². The van der Waals surface area contributed by atoms with E-state index in [-0.39, 0.29) is 11.8 Å².